The number of allylic oxidation sites excluding steroid dienone is 1. The Hall–Kier alpha value is -1.92. The molecule has 4 heteroatoms. The zero-order valence-corrected chi connectivity index (χ0v) is 17.9. The van der Waals surface area contributed by atoms with Crippen molar-refractivity contribution in [2.75, 3.05) is 5.32 Å². The molecule has 0 radical (unpaired) electrons. The highest BCUT2D eigenvalue weighted by Crippen LogP contribution is 2.27. The van der Waals surface area contributed by atoms with Crippen molar-refractivity contribution in [2.24, 2.45) is 0 Å². The van der Waals surface area contributed by atoms with E-state index in [1.807, 2.05) is 79.7 Å². The quantitative estimate of drug-likeness (QED) is 0.232. The standard InChI is InChI=1S/C22H17BrINO/c1-15-7-5-6-10-18(15)22(26)14-21(16-8-3-2-4-9-16)25-20-12-11-17(23)13-19(20)24/h2-14,25H,1H3/b21-14-. The van der Waals surface area contributed by atoms with Crippen LogP contribution < -0.4 is 5.32 Å². The second kappa shape index (κ2) is 8.64. The lowest BCUT2D eigenvalue weighted by Crippen LogP contribution is -2.05. The van der Waals surface area contributed by atoms with Gasteiger partial charge in [-0.3, -0.25) is 4.79 Å². The number of anilines is 1. The molecule has 0 saturated carbocycles. The molecule has 2 nitrogen and oxygen atoms in total. The average molecular weight is 518 g/mol. The molecule has 130 valence electrons. The van der Waals surface area contributed by atoms with E-state index in [1.54, 1.807) is 6.08 Å². The van der Waals surface area contributed by atoms with E-state index in [1.165, 1.54) is 0 Å². The lowest BCUT2D eigenvalue weighted by Gasteiger charge is -2.14. The minimum atomic E-state index is -0.0124. The lowest BCUT2D eigenvalue weighted by molar-refractivity contribution is 0.104. The zero-order valence-electron chi connectivity index (χ0n) is 14.2. The van der Waals surface area contributed by atoms with Gasteiger partial charge in [-0.15, -0.1) is 0 Å². The minimum absolute atomic E-state index is 0.0124. The van der Waals surface area contributed by atoms with Gasteiger partial charge in [0.2, 0.25) is 0 Å². The molecule has 0 bridgehead atoms. The Bertz CT molecular complexity index is 967. The molecule has 3 rings (SSSR count). The molecule has 0 atom stereocenters. The van der Waals surface area contributed by atoms with E-state index in [0.29, 0.717) is 5.56 Å². The van der Waals surface area contributed by atoms with Crippen molar-refractivity contribution in [3.8, 4) is 0 Å². The van der Waals surface area contributed by atoms with E-state index < -0.39 is 0 Å². The van der Waals surface area contributed by atoms with E-state index in [2.05, 4.69) is 43.8 Å². The van der Waals surface area contributed by atoms with Gasteiger partial charge in [-0.2, -0.15) is 0 Å². The Balaban J connectivity index is 2.01. The fourth-order valence-corrected chi connectivity index (χ4v) is 4.04. The van der Waals surface area contributed by atoms with E-state index in [-0.39, 0.29) is 5.78 Å². The highest BCUT2D eigenvalue weighted by Gasteiger charge is 2.11. The second-order valence-corrected chi connectivity index (χ2v) is 7.93. The summed E-state index contributed by atoms with van der Waals surface area (Å²) in [5.74, 6) is -0.0124. The first-order chi connectivity index (χ1) is 12.5. The Morgan fingerprint density at radius 1 is 1.00 bits per heavy atom. The predicted molar refractivity (Wildman–Crippen MR) is 120 cm³/mol. The fourth-order valence-electron chi connectivity index (χ4n) is 2.60. The third-order valence-corrected chi connectivity index (χ3v) is 5.36. The first-order valence-electron chi connectivity index (χ1n) is 8.14. The summed E-state index contributed by atoms with van der Waals surface area (Å²) >= 11 is 5.77. The van der Waals surface area contributed by atoms with Crippen LogP contribution >= 0.6 is 38.5 Å². The average Bonchev–Trinajstić information content (AvgIpc) is 2.64. The van der Waals surface area contributed by atoms with Gasteiger partial charge in [0, 0.05) is 25.4 Å². The number of ketones is 1. The zero-order chi connectivity index (χ0) is 18.5. The molecule has 3 aromatic rings. The molecule has 0 aliphatic heterocycles. The summed E-state index contributed by atoms with van der Waals surface area (Å²) in [6, 6.07) is 23.6. The monoisotopic (exact) mass is 517 g/mol. The van der Waals surface area contributed by atoms with Crippen molar-refractivity contribution in [3.63, 3.8) is 0 Å². The summed E-state index contributed by atoms with van der Waals surface area (Å²) in [5, 5.41) is 3.42. The molecule has 0 amide bonds. The van der Waals surface area contributed by atoms with E-state index in [0.717, 1.165) is 30.6 Å². The normalized spacial score (nSPS) is 11.3. The van der Waals surface area contributed by atoms with Crippen LogP contribution in [0.5, 0.6) is 0 Å². The third kappa shape index (κ3) is 4.62. The molecule has 0 aliphatic rings. The van der Waals surface area contributed by atoms with Crippen LogP contribution in [0.4, 0.5) is 5.69 Å². The number of hydrogen-bond donors (Lipinski definition) is 1. The van der Waals surface area contributed by atoms with Gasteiger partial charge in [-0.05, 0) is 58.8 Å². The van der Waals surface area contributed by atoms with Gasteiger partial charge in [0.25, 0.3) is 0 Å². The Labute approximate surface area is 175 Å². The molecule has 0 spiro atoms. The smallest absolute Gasteiger partial charge is 0.188 e. The van der Waals surface area contributed by atoms with Crippen molar-refractivity contribution in [3.05, 3.63) is 104 Å². The number of rotatable bonds is 5. The van der Waals surface area contributed by atoms with Gasteiger partial charge in [0.05, 0.1) is 5.69 Å². The van der Waals surface area contributed by atoms with Crippen molar-refractivity contribution in [1.82, 2.24) is 0 Å². The van der Waals surface area contributed by atoms with Crippen molar-refractivity contribution in [1.29, 1.82) is 0 Å². The SMILES string of the molecule is Cc1ccccc1C(=O)/C=C(\Nc1ccc(Br)cc1I)c1ccccc1. The van der Waals surface area contributed by atoms with Gasteiger partial charge >= 0.3 is 0 Å². The number of halogens is 2. The van der Waals surface area contributed by atoms with Crippen LogP contribution in [0.15, 0.2) is 83.3 Å². The molecular weight excluding hydrogens is 501 g/mol. The summed E-state index contributed by atoms with van der Waals surface area (Å²) < 4.78 is 2.09. The second-order valence-electron chi connectivity index (χ2n) is 5.85. The van der Waals surface area contributed by atoms with Crippen LogP contribution in [0.2, 0.25) is 0 Å². The Morgan fingerprint density at radius 2 is 1.69 bits per heavy atom. The molecular formula is C22H17BrINO. The van der Waals surface area contributed by atoms with Crippen molar-refractivity contribution < 1.29 is 4.79 Å². The number of benzene rings is 3. The van der Waals surface area contributed by atoms with Crippen LogP contribution in [0.1, 0.15) is 21.5 Å². The molecule has 0 fully saturated rings. The van der Waals surface area contributed by atoms with Gasteiger partial charge in [-0.1, -0.05) is 70.5 Å². The number of carbonyl (C=O) groups excluding carboxylic acids is 1. The number of nitrogens with one attached hydrogen (secondary N) is 1. The molecule has 0 aromatic heterocycles. The largest absolute Gasteiger partial charge is 0.354 e. The third-order valence-electron chi connectivity index (χ3n) is 3.97. The summed E-state index contributed by atoms with van der Waals surface area (Å²) in [7, 11) is 0. The van der Waals surface area contributed by atoms with E-state index in [4.69, 9.17) is 0 Å². The minimum Gasteiger partial charge on any atom is -0.354 e. The Kier molecular flexibility index (Phi) is 6.27. The number of carbonyl (C=O) groups is 1. The number of hydrogen-bond acceptors (Lipinski definition) is 2. The van der Waals surface area contributed by atoms with Gasteiger partial charge in [0.1, 0.15) is 0 Å². The summed E-state index contributed by atoms with van der Waals surface area (Å²) in [4.78, 5) is 12.9. The van der Waals surface area contributed by atoms with Crippen LogP contribution in [-0.4, -0.2) is 5.78 Å². The highest BCUT2D eigenvalue weighted by atomic mass is 127. The number of aryl methyl sites for hydroxylation is 1. The summed E-state index contributed by atoms with van der Waals surface area (Å²) in [6.45, 7) is 1.95. The van der Waals surface area contributed by atoms with Crippen LogP contribution in [0.25, 0.3) is 5.70 Å². The topological polar surface area (TPSA) is 29.1 Å². The molecule has 0 aliphatic carbocycles. The maximum atomic E-state index is 12.9. The first-order valence-corrected chi connectivity index (χ1v) is 10.0. The van der Waals surface area contributed by atoms with Crippen LogP contribution in [0, 0.1) is 10.5 Å². The molecule has 0 unspecified atom stereocenters. The molecule has 26 heavy (non-hydrogen) atoms. The van der Waals surface area contributed by atoms with E-state index in [9.17, 15) is 4.79 Å². The van der Waals surface area contributed by atoms with Gasteiger partial charge < -0.3 is 5.32 Å². The van der Waals surface area contributed by atoms with Crippen molar-refractivity contribution >= 4 is 55.7 Å². The molecule has 0 heterocycles. The molecule has 1 N–H and O–H groups in total. The first kappa shape index (κ1) is 18.9. The predicted octanol–water partition coefficient (Wildman–Crippen LogP) is 6.70. The highest BCUT2D eigenvalue weighted by molar-refractivity contribution is 14.1. The van der Waals surface area contributed by atoms with Crippen LogP contribution in [0.3, 0.4) is 0 Å². The summed E-state index contributed by atoms with van der Waals surface area (Å²) in [6.07, 6.45) is 1.68. The van der Waals surface area contributed by atoms with Crippen molar-refractivity contribution in [2.45, 2.75) is 6.92 Å². The maximum absolute atomic E-state index is 12.9. The Morgan fingerprint density at radius 3 is 2.38 bits per heavy atom. The van der Waals surface area contributed by atoms with Gasteiger partial charge in [-0.25, -0.2) is 0 Å². The molecule has 3 aromatic carbocycles. The lowest BCUT2D eigenvalue weighted by atomic mass is 10.0. The van der Waals surface area contributed by atoms with Gasteiger partial charge in [0.15, 0.2) is 5.78 Å². The van der Waals surface area contributed by atoms with E-state index >= 15 is 0 Å². The van der Waals surface area contributed by atoms with Crippen LogP contribution in [-0.2, 0) is 0 Å². The summed E-state index contributed by atoms with van der Waals surface area (Å²) in [5.41, 5.74) is 4.39. The maximum Gasteiger partial charge on any atom is 0.188 e. The molecule has 0 saturated heterocycles. The fraction of sp³-hybridized carbons (Fsp3) is 0.0455.